The first kappa shape index (κ1) is 19.9. The Hall–Kier alpha value is -4.40. The molecule has 9 heteroatoms. The molecule has 1 aliphatic heterocycles. The standard InChI is InChI=1S/C22H16O9/c23-14-4-2-10(5-15(14)24)1-3-11-6-19-21(22(29)30-11)13-8-17(26)16(25)7-12(13)18(31-19)9-20(27)28/h1-8,18,23-26H,9H2,(H,27,28)/t18-/m0/s1. The van der Waals surface area contributed by atoms with Crippen molar-refractivity contribution in [3.05, 3.63) is 63.7 Å². The molecule has 0 fully saturated rings. The summed E-state index contributed by atoms with van der Waals surface area (Å²) >= 11 is 0. The maximum atomic E-state index is 12.7. The third-order valence-corrected chi connectivity index (χ3v) is 4.77. The van der Waals surface area contributed by atoms with Crippen molar-refractivity contribution in [2.75, 3.05) is 0 Å². The Balaban J connectivity index is 1.79. The maximum Gasteiger partial charge on any atom is 0.347 e. The lowest BCUT2D eigenvalue weighted by Crippen LogP contribution is -2.21. The van der Waals surface area contributed by atoms with E-state index in [9.17, 15) is 35.1 Å². The van der Waals surface area contributed by atoms with E-state index in [1.54, 1.807) is 0 Å². The van der Waals surface area contributed by atoms with E-state index in [2.05, 4.69) is 0 Å². The van der Waals surface area contributed by atoms with Crippen LogP contribution < -0.4 is 10.4 Å². The second-order valence-corrected chi connectivity index (χ2v) is 6.89. The van der Waals surface area contributed by atoms with Gasteiger partial charge in [0.25, 0.3) is 0 Å². The highest BCUT2D eigenvalue weighted by Crippen LogP contribution is 2.46. The van der Waals surface area contributed by atoms with Gasteiger partial charge in [-0.2, -0.15) is 0 Å². The van der Waals surface area contributed by atoms with E-state index in [1.165, 1.54) is 36.4 Å². The number of fused-ring (bicyclic) bond motifs is 3. The number of aliphatic carboxylic acids is 1. The molecule has 0 aliphatic carbocycles. The number of aromatic hydroxyl groups is 4. The summed E-state index contributed by atoms with van der Waals surface area (Å²) in [4.78, 5) is 23.9. The van der Waals surface area contributed by atoms with E-state index in [-0.39, 0.29) is 39.7 Å². The van der Waals surface area contributed by atoms with Gasteiger partial charge in [-0.1, -0.05) is 12.1 Å². The molecule has 4 rings (SSSR count). The first-order chi connectivity index (χ1) is 14.7. The van der Waals surface area contributed by atoms with Gasteiger partial charge >= 0.3 is 11.6 Å². The van der Waals surface area contributed by atoms with Crippen LogP contribution in [0.2, 0.25) is 0 Å². The lowest BCUT2D eigenvalue weighted by molar-refractivity contribution is -0.138. The largest absolute Gasteiger partial charge is 0.504 e. The number of carboxylic acids is 1. The molecule has 158 valence electrons. The summed E-state index contributed by atoms with van der Waals surface area (Å²) in [6, 6.07) is 7.87. The highest BCUT2D eigenvalue weighted by molar-refractivity contribution is 5.80. The van der Waals surface area contributed by atoms with Crippen LogP contribution in [0.4, 0.5) is 0 Å². The van der Waals surface area contributed by atoms with Gasteiger partial charge in [-0.25, -0.2) is 4.79 Å². The van der Waals surface area contributed by atoms with Gasteiger partial charge in [0.05, 0.1) is 6.42 Å². The van der Waals surface area contributed by atoms with Crippen LogP contribution in [-0.2, 0) is 4.79 Å². The average molecular weight is 424 g/mol. The predicted octanol–water partition coefficient (Wildman–Crippen LogP) is 3.21. The molecule has 0 spiro atoms. The Kier molecular flexibility index (Phi) is 4.78. The Bertz CT molecular complexity index is 1290. The van der Waals surface area contributed by atoms with Crippen molar-refractivity contribution in [2.24, 2.45) is 0 Å². The van der Waals surface area contributed by atoms with Crippen LogP contribution in [0.15, 0.2) is 45.6 Å². The number of rotatable bonds is 4. The number of benzene rings is 2. The minimum Gasteiger partial charge on any atom is -0.504 e. The lowest BCUT2D eigenvalue weighted by atomic mass is 9.91. The zero-order chi connectivity index (χ0) is 22.3. The van der Waals surface area contributed by atoms with Crippen molar-refractivity contribution in [1.29, 1.82) is 0 Å². The zero-order valence-electron chi connectivity index (χ0n) is 15.8. The topological polar surface area (TPSA) is 158 Å². The van der Waals surface area contributed by atoms with Crippen LogP contribution >= 0.6 is 0 Å². The van der Waals surface area contributed by atoms with Crippen LogP contribution in [0, 0.1) is 0 Å². The second-order valence-electron chi connectivity index (χ2n) is 6.89. The van der Waals surface area contributed by atoms with Gasteiger partial charge in [-0.05, 0) is 35.9 Å². The molecule has 5 N–H and O–H groups in total. The summed E-state index contributed by atoms with van der Waals surface area (Å²) in [6.07, 6.45) is 1.53. The average Bonchev–Trinajstić information content (AvgIpc) is 2.69. The molecule has 1 atom stereocenters. The van der Waals surface area contributed by atoms with Crippen LogP contribution in [0.3, 0.4) is 0 Å². The molecule has 0 amide bonds. The maximum absolute atomic E-state index is 12.7. The highest BCUT2D eigenvalue weighted by atomic mass is 16.5. The van der Waals surface area contributed by atoms with Gasteiger partial charge in [-0.15, -0.1) is 0 Å². The summed E-state index contributed by atoms with van der Waals surface area (Å²) in [5.41, 5.74) is 0.166. The molecule has 2 heterocycles. The molecule has 3 aromatic rings. The fourth-order valence-electron chi connectivity index (χ4n) is 3.33. The Labute approximate surface area is 174 Å². The molecule has 0 saturated carbocycles. The first-order valence-corrected chi connectivity index (χ1v) is 9.06. The molecule has 9 nitrogen and oxygen atoms in total. The number of hydrogen-bond donors (Lipinski definition) is 5. The summed E-state index contributed by atoms with van der Waals surface area (Å²) in [6.45, 7) is 0. The molecule has 1 aromatic heterocycles. The third-order valence-electron chi connectivity index (χ3n) is 4.77. The van der Waals surface area contributed by atoms with Gasteiger partial charge in [0.15, 0.2) is 23.0 Å². The smallest absolute Gasteiger partial charge is 0.347 e. The Morgan fingerprint density at radius 3 is 2.35 bits per heavy atom. The van der Waals surface area contributed by atoms with E-state index in [0.717, 1.165) is 12.1 Å². The van der Waals surface area contributed by atoms with Crippen LogP contribution in [0.1, 0.15) is 29.4 Å². The lowest BCUT2D eigenvalue weighted by Gasteiger charge is -2.27. The number of phenolic OH excluding ortho intramolecular Hbond substituents is 4. The second kappa shape index (κ2) is 7.45. The normalized spacial score (nSPS) is 14.6. The molecule has 2 aromatic carbocycles. The predicted molar refractivity (Wildman–Crippen MR) is 108 cm³/mol. The minimum absolute atomic E-state index is 0.00799. The molecule has 31 heavy (non-hydrogen) atoms. The van der Waals surface area contributed by atoms with Crippen molar-refractivity contribution < 1.29 is 39.5 Å². The number of hydrogen-bond acceptors (Lipinski definition) is 8. The SMILES string of the molecule is O=C(O)C[C@@H]1Oc2cc(C=Cc3ccc(O)c(O)c3)oc(=O)c2-c2cc(O)c(O)cc21. The van der Waals surface area contributed by atoms with Gasteiger partial charge in [0.2, 0.25) is 0 Å². The first-order valence-electron chi connectivity index (χ1n) is 9.06. The van der Waals surface area contributed by atoms with E-state index < -0.39 is 35.6 Å². The van der Waals surface area contributed by atoms with Crippen LogP contribution in [0.25, 0.3) is 23.3 Å². The van der Waals surface area contributed by atoms with Gasteiger partial charge < -0.3 is 34.7 Å². The molecular weight excluding hydrogens is 408 g/mol. The Morgan fingerprint density at radius 1 is 0.935 bits per heavy atom. The van der Waals surface area contributed by atoms with Crippen molar-refractivity contribution in [2.45, 2.75) is 12.5 Å². The number of phenols is 4. The number of carbonyl (C=O) groups is 1. The molecule has 0 unspecified atom stereocenters. The quantitative estimate of drug-likeness (QED) is 0.397. The summed E-state index contributed by atoms with van der Waals surface area (Å²) < 4.78 is 11.0. The molecular formula is C22H16O9. The summed E-state index contributed by atoms with van der Waals surface area (Å²) in [5.74, 6) is -2.53. The van der Waals surface area contributed by atoms with E-state index in [4.69, 9.17) is 9.15 Å². The van der Waals surface area contributed by atoms with Gasteiger partial charge in [0.1, 0.15) is 23.2 Å². The van der Waals surface area contributed by atoms with Crippen LogP contribution in [0.5, 0.6) is 28.7 Å². The summed E-state index contributed by atoms with van der Waals surface area (Å²) in [7, 11) is 0. The fourth-order valence-corrected chi connectivity index (χ4v) is 3.33. The van der Waals surface area contributed by atoms with E-state index >= 15 is 0 Å². The zero-order valence-corrected chi connectivity index (χ0v) is 15.8. The Morgan fingerprint density at radius 2 is 1.65 bits per heavy atom. The number of ether oxygens (including phenoxy) is 1. The van der Waals surface area contributed by atoms with Gasteiger partial charge in [0, 0.05) is 17.2 Å². The number of carboxylic acid groups (broad SMARTS) is 1. The van der Waals surface area contributed by atoms with Gasteiger partial charge in [-0.3, -0.25) is 4.79 Å². The fraction of sp³-hybridized carbons (Fsp3) is 0.0909. The molecule has 1 aliphatic rings. The van der Waals surface area contributed by atoms with Crippen LogP contribution in [-0.4, -0.2) is 31.5 Å². The van der Waals surface area contributed by atoms with E-state index in [0.29, 0.717) is 5.56 Å². The van der Waals surface area contributed by atoms with Crippen molar-refractivity contribution >= 4 is 18.1 Å². The molecule has 0 bridgehead atoms. The van der Waals surface area contributed by atoms with Crippen molar-refractivity contribution in [1.82, 2.24) is 0 Å². The van der Waals surface area contributed by atoms with E-state index in [1.807, 2.05) is 0 Å². The monoisotopic (exact) mass is 424 g/mol. The van der Waals surface area contributed by atoms with Crippen molar-refractivity contribution in [3.8, 4) is 39.9 Å². The third kappa shape index (κ3) is 3.76. The highest BCUT2D eigenvalue weighted by Gasteiger charge is 2.32. The minimum atomic E-state index is -1.15. The summed E-state index contributed by atoms with van der Waals surface area (Å²) in [5, 5.41) is 47.8. The van der Waals surface area contributed by atoms with Crippen molar-refractivity contribution in [3.63, 3.8) is 0 Å². The molecule has 0 saturated heterocycles. The molecule has 0 radical (unpaired) electrons.